The SMILES string of the molecule is O=C(CCC(=O)N[C@@H](CNC(=O)c1ccc(N2CCN(C3=NCCCN3)CC2)cc1)C(=O)O)NO. The van der Waals surface area contributed by atoms with Gasteiger partial charge in [-0.25, -0.2) is 10.3 Å². The molecule has 0 radical (unpaired) electrons. The number of carboxylic acid groups (broad SMARTS) is 1. The van der Waals surface area contributed by atoms with Crippen LogP contribution in [0.4, 0.5) is 5.69 Å². The first-order valence-corrected chi connectivity index (χ1v) is 11.5. The molecule has 0 aliphatic carbocycles. The number of hydrogen-bond donors (Lipinski definition) is 6. The van der Waals surface area contributed by atoms with Crippen molar-refractivity contribution in [3.63, 3.8) is 0 Å². The normalized spacial score (nSPS) is 16.4. The number of carbonyl (C=O) groups is 4. The summed E-state index contributed by atoms with van der Waals surface area (Å²) in [5.41, 5.74) is 2.74. The molecule has 0 aromatic heterocycles. The molecule has 2 aliphatic heterocycles. The molecule has 3 amide bonds. The topological polar surface area (TPSA) is 176 Å². The van der Waals surface area contributed by atoms with Crippen LogP contribution in [-0.2, 0) is 14.4 Å². The molecule has 1 fully saturated rings. The number of guanidine groups is 1. The van der Waals surface area contributed by atoms with Crippen LogP contribution >= 0.6 is 0 Å². The third-order valence-corrected chi connectivity index (χ3v) is 5.76. The number of piperazine rings is 1. The minimum atomic E-state index is -1.36. The Balaban J connectivity index is 1.46. The number of rotatable bonds is 9. The molecule has 6 N–H and O–H groups in total. The number of benzene rings is 1. The van der Waals surface area contributed by atoms with Crippen LogP contribution in [0.3, 0.4) is 0 Å². The van der Waals surface area contributed by atoms with Crippen molar-refractivity contribution in [1.29, 1.82) is 0 Å². The largest absolute Gasteiger partial charge is 0.480 e. The summed E-state index contributed by atoms with van der Waals surface area (Å²) in [6.45, 7) is 4.83. The maximum Gasteiger partial charge on any atom is 0.328 e. The summed E-state index contributed by atoms with van der Waals surface area (Å²) in [6.07, 6.45) is 0.457. The molecule has 3 rings (SSSR count). The second kappa shape index (κ2) is 12.6. The van der Waals surface area contributed by atoms with Crippen molar-refractivity contribution in [2.75, 3.05) is 50.7 Å². The molecule has 190 valence electrons. The number of amides is 3. The van der Waals surface area contributed by atoms with E-state index in [4.69, 9.17) is 5.21 Å². The average molecular weight is 490 g/mol. The van der Waals surface area contributed by atoms with Gasteiger partial charge < -0.3 is 30.9 Å². The number of anilines is 1. The van der Waals surface area contributed by atoms with Crippen molar-refractivity contribution in [3.8, 4) is 0 Å². The Bertz CT molecular complexity index is 944. The fourth-order valence-electron chi connectivity index (χ4n) is 3.78. The molecule has 0 unspecified atom stereocenters. The van der Waals surface area contributed by atoms with Gasteiger partial charge in [0.2, 0.25) is 11.8 Å². The molecular formula is C22H31N7O6. The smallest absolute Gasteiger partial charge is 0.328 e. The van der Waals surface area contributed by atoms with Gasteiger partial charge >= 0.3 is 5.97 Å². The van der Waals surface area contributed by atoms with Gasteiger partial charge in [-0.2, -0.15) is 0 Å². The molecule has 0 spiro atoms. The highest BCUT2D eigenvalue weighted by molar-refractivity contribution is 5.95. The second-order valence-corrected chi connectivity index (χ2v) is 8.21. The molecule has 1 aromatic rings. The Morgan fingerprint density at radius 1 is 1.00 bits per heavy atom. The van der Waals surface area contributed by atoms with E-state index in [1.54, 1.807) is 12.1 Å². The van der Waals surface area contributed by atoms with Gasteiger partial charge in [-0.1, -0.05) is 0 Å². The summed E-state index contributed by atoms with van der Waals surface area (Å²) < 4.78 is 0. The van der Waals surface area contributed by atoms with E-state index in [1.165, 1.54) is 5.48 Å². The number of carbonyl (C=O) groups excluding carboxylic acids is 3. The van der Waals surface area contributed by atoms with Crippen LogP contribution in [0.15, 0.2) is 29.3 Å². The minimum Gasteiger partial charge on any atom is -0.480 e. The zero-order valence-corrected chi connectivity index (χ0v) is 19.3. The lowest BCUT2D eigenvalue weighted by molar-refractivity contribution is -0.141. The Morgan fingerprint density at radius 2 is 1.66 bits per heavy atom. The van der Waals surface area contributed by atoms with Crippen LogP contribution in [0.25, 0.3) is 0 Å². The molecule has 2 aliphatic rings. The van der Waals surface area contributed by atoms with Crippen LogP contribution in [0.1, 0.15) is 29.6 Å². The highest BCUT2D eigenvalue weighted by Crippen LogP contribution is 2.18. The van der Waals surface area contributed by atoms with Crippen LogP contribution < -0.4 is 26.3 Å². The van der Waals surface area contributed by atoms with Gasteiger partial charge in [0.05, 0.1) is 0 Å². The van der Waals surface area contributed by atoms with Crippen LogP contribution in [0.2, 0.25) is 0 Å². The predicted octanol–water partition coefficient (Wildman–Crippen LogP) is -1.26. The fraction of sp³-hybridized carbons (Fsp3) is 0.500. The first-order valence-electron chi connectivity index (χ1n) is 11.5. The van der Waals surface area contributed by atoms with Crippen LogP contribution in [-0.4, -0.2) is 96.7 Å². The average Bonchev–Trinajstić information content (AvgIpc) is 2.90. The van der Waals surface area contributed by atoms with E-state index in [2.05, 4.69) is 30.7 Å². The van der Waals surface area contributed by atoms with Gasteiger partial charge in [-0.15, -0.1) is 0 Å². The second-order valence-electron chi connectivity index (χ2n) is 8.21. The summed E-state index contributed by atoms with van der Waals surface area (Å²) in [7, 11) is 0. The monoisotopic (exact) mass is 489 g/mol. The Kier molecular flexibility index (Phi) is 9.23. The number of nitrogens with zero attached hydrogens (tertiary/aromatic N) is 3. The lowest BCUT2D eigenvalue weighted by Gasteiger charge is -2.38. The molecule has 0 saturated carbocycles. The molecule has 35 heavy (non-hydrogen) atoms. The zero-order chi connectivity index (χ0) is 25.2. The number of hydrogen-bond acceptors (Lipinski definition) is 9. The molecular weight excluding hydrogens is 458 g/mol. The quantitative estimate of drug-likeness (QED) is 0.183. The predicted molar refractivity (Wildman–Crippen MR) is 126 cm³/mol. The number of hydroxylamine groups is 1. The fourth-order valence-corrected chi connectivity index (χ4v) is 3.78. The third-order valence-electron chi connectivity index (χ3n) is 5.76. The Labute approximate surface area is 202 Å². The van der Waals surface area contributed by atoms with E-state index >= 15 is 0 Å². The van der Waals surface area contributed by atoms with Crippen LogP contribution in [0, 0.1) is 0 Å². The standard InChI is InChI=1S/C22H31N7O6/c30-18(6-7-19(31)27-35)26-17(21(33)34)14-25-20(32)15-2-4-16(5-3-15)28-10-12-29(13-11-28)22-23-8-1-9-24-22/h2-5,17,35H,1,6-14H2,(H,23,24)(H,25,32)(H,26,30)(H,27,31)(H,33,34)/t17-/m0/s1. The van der Waals surface area contributed by atoms with Gasteiger partial charge in [0.25, 0.3) is 5.91 Å². The van der Waals surface area contributed by atoms with Crippen molar-refractivity contribution in [2.45, 2.75) is 25.3 Å². The van der Waals surface area contributed by atoms with E-state index in [0.29, 0.717) is 5.56 Å². The van der Waals surface area contributed by atoms with Crippen molar-refractivity contribution in [1.82, 2.24) is 26.3 Å². The van der Waals surface area contributed by atoms with Crippen molar-refractivity contribution in [2.24, 2.45) is 4.99 Å². The lowest BCUT2D eigenvalue weighted by Crippen LogP contribution is -2.53. The first kappa shape index (κ1) is 25.7. The van der Waals surface area contributed by atoms with E-state index < -0.39 is 29.7 Å². The van der Waals surface area contributed by atoms with Crippen molar-refractivity contribution in [3.05, 3.63) is 29.8 Å². The van der Waals surface area contributed by atoms with E-state index in [0.717, 1.165) is 57.3 Å². The van der Waals surface area contributed by atoms with Gasteiger partial charge in [0, 0.05) is 69.9 Å². The highest BCUT2D eigenvalue weighted by atomic mass is 16.5. The lowest BCUT2D eigenvalue weighted by atomic mass is 10.1. The third kappa shape index (κ3) is 7.57. The maximum atomic E-state index is 12.5. The summed E-state index contributed by atoms with van der Waals surface area (Å²) in [5, 5.41) is 25.8. The maximum absolute atomic E-state index is 12.5. The highest BCUT2D eigenvalue weighted by Gasteiger charge is 2.23. The van der Waals surface area contributed by atoms with Crippen LogP contribution in [0.5, 0.6) is 0 Å². The van der Waals surface area contributed by atoms with E-state index in [1.807, 2.05) is 12.1 Å². The minimum absolute atomic E-state index is 0.298. The van der Waals surface area contributed by atoms with E-state index in [-0.39, 0.29) is 19.4 Å². The summed E-state index contributed by atoms with van der Waals surface area (Å²) >= 11 is 0. The van der Waals surface area contributed by atoms with Gasteiger partial charge in [-0.05, 0) is 30.7 Å². The molecule has 1 aromatic carbocycles. The van der Waals surface area contributed by atoms with Crippen molar-refractivity contribution >= 4 is 35.3 Å². The van der Waals surface area contributed by atoms with Gasteiger partial charge in [0.15, 0.2) is 5.96 Å². The molecule has 1 saturated heterocycles. The van der Waals surface area contributed by atoms with Gasteiger partial charge in [-0.3, -0.25) is 24.6 Å². The summed E-state index contributed by atoms with van der Waals surface area (Å²) in [5.74, 6) is -2.28. The molecule has 2 heterocycles. The zero-order valence-electron chi connectivity index (χ0n) is 19.3. The van der Waals surface area contributed by atoms with Crippen molar-refractivity contribution < 1.29 is 29.5 Å². The van der Waals surface area contributed by atoms with Gasteiger partial charge in [0.1, 0.15) is 6.04 Å². The first-order chi connectivity index (χ1) is 16.9. The molecule has 0 bridgehead atoms. The molecule has 13 nitrogen and oxygen atoms in total. The Hall–Kier alpha value is -3.87. The number of aliphatic carboxylic acids is 1. The van der Waals surface area contributed by atoms with E-state index in [9.17, 15) is 24.3 Å². The summed E-state index contributed by atoms with van der Waals surface area (Å²) in [6, 6.07) is 5.69. The number of aliphatic imine (C=N–C) groups is 1. The Morgan fingerprint density at radius 3 is 2.26 bits per heavy atom. The number of carboxylic acids is 1. The molecule has 13 heteroatoms. The summed E-state index contributed by atoms with van der Waals surface area (Å²) in [4.78, 5) is 55.7. The number of nitrogens with one attached hydrogen (secondary N) is 4. The molecule has 1 atom stereocenters.